The molecule has 0 radical (unpaired) electrons. The summed E-state index contributed by atoms with van der Waals surface area (Å²) in [5.41, 5.74) is 1.27. The smallest absolute Gasteiger partial charge is 0.201 e. The van der Waals surface area contributed by atoms with Crippen molar-refractivity contribution >= 4 is 11.4 Å². The zero-order valence-corrected chi connectivity index (χ0v) is 15.6. The molecule has 1 atom stereocenters. The van der Waals surface area contributed by atoms with E-state index in [0.29, 0.717) is 24.0 Å². The number of anilines is 2. The van der Waals surface area contributed by atoms with Crippen LogP contribution in [0.3, 0.4) is 0 Å². The zero-order valence-electron chi connectivity index (χ0n) is 15.6. The summed E-state index contributed by atoms with van der Waals surface area (Å²) in [5, 5.41) is 16.7. The van der Waals surface area contributed by atoms with Crippen LogP contribution in [0.2, 0.25) is 0 Å². The van der Waals surface area contributed by atoms with Crippen LogP contribution in [-0.2, 0) is 0 Å². The van der Waals surface area contributed by atoms with Gasteiger partial charge in [0.2, 0.25) is 5.43 Å². The maximum absolute atomic E-state index is 11.9. The molecule has 0 aliphatic heterocycles. The maximum Gasteiger partial charge on any atom is 0.201 e. The molecule has 0 heterocycles. The summed E-state index contributed by atoms with van der Waals surface area (Å²) in [6.45, 7) is 0.813. The molecule has 2 aromatic carbocycles. The van der Waals surface area contributed by atoms with Crippen LogP contribution in [0.25, 0.3) is 0 Å². The minimum atomic E-state index is -0.530. The van der Waals surface area contributed by atoms with Crippen molar-refractivity contribution in [2.75, 3.05) is 18.5 Å². The van der Waals surface area contributed by atoms with Gasteiger partial charge in [0.15, 0.2) is 0 Å². The maximum atomic E-state index is 11.9. The van der Waals surface area contributed by atoms with Gasteiger partial charge in [-0.25, -0.2) is 0 Å². The highest BCUT2D eigenvalue weighted by atomic mass is 16.5. The highest BCUT2D eigenvalue weighted by Crippen LogP contribution is 2.19. The lowest BCUT2D eigenvalue weighted by molar-refractivity contribution is 0.102. The van der Waals surface area contributed by atoms with Gasteiger partial charge in [-0.1, -0.05) is 37.5 Å². The van der Waals surface area contributed by atoms with Gasteiger partial charge in [-0.3, -0.25) is 4.79 Å². The van der Waals surface area contributed by atoms with E-state index in [1.165, 1.54) is 38.2 Å². The van der Waals surface area contributed by atoms with E-state index in [1.807, 2.05) is 36.4 Å². The average Bonchev–Trinajstić information content (AvgIpc) is 2.91. The third kappa shape index (κ3) is 6.38. The van der Waals surface area contributed by atoms with E-state index in [1.54, 1.807) is 12.1 Å². The number of benzene rings is 1. The van der Waals surface area contributed by atoms with Gasteiger partial charge in [0.1, 0.15) is 18.5 Å². The van der Waals surface area contributed by atoms with Crippen LogP contribution < -0.4 is 20.8 Å². The molecule has 1 aliphatic rings. The predicted molar refractivity (Wildman–Crippen MR) is 109 cm³/mol. The van der Waals surface area contributed by atoms with Gasteiger partial charge in [-0.15, -0.1) is 0 Å². The first-order valence-corrected chi connectivity index (χ1v) is 9.71. The Morgan fingerprint density at radius 3 is 2.52 bits per heavy atom. The predicted octanol–water partition coefficient (Wildman–Crippen LogP) is 3.45. The topological polar surface area (TPSA) is 70.6 Å². The quantitative estimate of drug-likeness (QED) is 0.666. The normalized spacial score (nSPS) is 15.9. The Labute approximate surface area is 160 Å². The Morgan fingerprint density at radius 1 is 1.00 bits per heavy atom. The number of nitrogens with one attached hydrogen (secondary N) is 2. The van der Waals surface area contributed by atoms with Crippen molar-refractivity contribution in [2.45, 2.75) is 44.2 Å². The number of rotatable bonds is 8. The summed E-state index contributed by atoms with van der Waals surface area (Å²) in [7, 11) is 0. The summed E-state index contributed by atoms with van der Waals surface area (Å²) in [6, 6.07) is 16.5. The zero-order chi connectivity index (χ0) is 18.9. The molecule has 2 aromatic rings. The van der Waals surface area contributed by atoms with Gasteiger partial charge in [-0.2, -0.15) is 0 Å². The SMILES string of the molecule is O=c1cccccc1Nc1ccc(OCC(O)CNC2CCCCC2)cc1. The minimum Gasteiger partial charge on any atom is -0.491 e. The van der Waals surface area contributed by atoms with E-state index < -0.39 is 6.10 Å². The van der Waals surface area contributed by atoms with E-state index in [0.717, 1.165) is 5.69 Å². The van der Waals surface area contributed by atoms with Crippen LogP contribution in [0.15, 0.2) is 59.4 Å². The van der Waals surface area contributed by atoms with Crippen molar-refractivity contribution < 1.29 is 9.84 Å². The molecule has 1 unspecified atom stereocenters. The molecule has 5 heteroatoms. The number of aliphatic hydroxyl groups excluding tert-OH is 1. The number of hydrogen-bond donors (Lipinski definition) is 3. The summed E-state index contributed by atoms with van der Waals surface area (Å²) in [6.07, 6.45) is 5.75. The fraction of sp³-hybridized carbons (Fsp3) is 0.409. The average molecular weight is 368 g/mol. The fourth-order valence-electron chi connectivity index (χ4n) is 3.28. The summed E-state index contributed by atoms with van der Waals surface area (Å²) in [4.78, 5) is 11.9. The Kier molecular flexibility index (Phi) is 7.25. The van der Waals surface area contributed by atoms with Crippen LogP contribution in [0, 0.1) is 0 Å². The van der Waals surface area contributed by atoms with Crippen LogP contribution in [0.4, 0.5) is 11.4 Å². The Morgan fingerprint density at radius 2 is 1.74 bits per heavy atom. The lowest BCUT2D eigenvalue weighted by Crippen LogP contribution is -2.38. The largest absolute Gasteiger partial charge is 0.491 e. The molecule has 0 aromatic heterocycles. The van der Waals surface area contributed by atoms with E-state index in [9.17, 15) is 9.90 Å². The molecule has 27 heavy (non-hydrogen) atoms. The van der Waals surface area contributed by atoms with Crippen LogP contribution >= 0.6 is 0 Å². The summed E-state index contributed by atoms with van der Waals surface area (Å²) < 4.78 is 5.67. The first-order chi connectivity index (χ1) is 13.2. The van der Waals surface area contributed by atoms with Crippen molar-refractivity contribution in [3.63, 3.8) is 0 Å². The Bertz CT molecular complexity index is 758. The third-order valence-corrected chi connectivity index (χ3v) is 4.82. The first kappa shape index (κ1) is 19.4. The molecule has 0 bridgehead atoms. The lowest BCUT2D eigenvalue weighted by atomic mass is 9.95. The van der Waals surface area contributed by atoms with E-state index in [-0.39, 0.29) is 12.0 Å². The number of hydrogen-bond acceptors (Lipinski definition) is 5. The summed E-state index contributed by atoms with van der Waals surface area (Å²) >= 11 is 0. The van der Waals surface area contributed by atoms with E-state index in [4.69, 9.17) is 4.74 Å². The molecule has 1 fully saturated rings. The second-order valence-corrected chi connectivity index (χ2v) is 7.05. The van der Waals surface area contributed by atoms with Crippen molar-refractivity contribution in [1.82, 2.24) is 5.32 Å². The Balaban J connectivity index is 1.44. The monoisotopic (exact) mass is 368 g/mol. The van der Waals surface area contributed by atoms with Crippen LogP contribution in [0.1, 0.15) is 32.1 Å². The van der Waals surface area contributed by atoms with Gasteiger partial charge < -0.3 is 20.5 Å². The highest BCUT2D eigenvalue weighted by Gasteiger charge is 2.14. The minimum absolute atomic E-state index is 0.0612. The molecule has 0 saturated heterocycles. The molecule has 3 rings (SSSR count). The van der Waals surface area contributed by atoms with Gasteiger partial charge in [0, 0.05) is 18.3 Å². The van der Waals surface area contributed by atoms with Crippen molar-refractivity contribution in [3.8, 4) is 5.75 Å². The molecule has 0 amide bonds. The van der Waals surface area contributed by atoms with Gasteiger partial charge >= 0.3 is 0 Å². The molecule has 5 nitrogen and oxygen atoms in total. The van der Waals surface area contributed by atoms with Crippen molar-refractivity contribution in [3.05, 3.63) is 64.8 Å². The molecular formula is C22H28N2O3. The van der Waals surface area contributed by atoms with Crippen molar-refractivity contribution in [2.24, 2.45) is 0 Å². The first-order valence-electron chi connectivity index (χ1n) is 9.71. The molecule has 144 valence electrons. The third-order valence-electron chi connectivity index (χ3n) is 4.82. The lowest BCUT2D eigenvalue weighted by Gasteiger charge is -2.24. The molecule has 1 saturated carbocycles. The van der Waals surface area contributed by atoms with E-state index in [2.05, 4.69) is 10.6 Å². The van der Waals surface area contributed by atoms with Crippen LogP contribution in [-0.4, -0.2) is 30.4 Å². The van der Waals surface area contributed by atoms with Gasteiger partial charge in [0.05, 0.1) is 5.69 Å². The molecule has 0 spiro atoms. The second kappa shape index (κ2) is 10.1. The molecule has 1 aliphatic carbocycles. The molecule has 3 N–H and O–H groups in total. The highest BCUT2D eigenvalue weighted by molar-refractivity contribution is 5.59. The van der Waals surface area contributed by atoms with Gasteiger partial charge in [-0.05, 0) is 49.2 Å². The van der Waals surface area contributed by atoms with Crippen molar-refractivity contribution in [1.29, 1.82) is 0 Å². The van der Waals surface area contributed by atoms with Gasteiger partial charge in [0.25, 0.3) is 0 Å². The number of aliphatic hydroxyl groups is 1. The molecular weight excluding hydrogens is 340 g/mol. The number of ether oxygens (including phenoxy) is 1. The van der Waals surface area contributed by atoms with Crippen LogP contribution in [0.5, 0.6) is 5.75 Å². The second-order valence-electron chi connectivity index (χ2n) is 7.05. The fourth-order valence-corrected chi connectivity index (χ4v) is 3.28. The van der Waals surface area contributed by atoms with E-state index >= 15 is 0 Å². The summed E-state index contributed by atoms with van der Waals surface area (Å²) in [5.74, 6) is 0.693. The Hall–Kier alpha value is -2.37. The standard InChI is InChI=1S/C22H28N2O3/c25-19(15-23-17-7-3-1-4-8-17)16-27-20-13-11-18(12-14-20)24-21-9-5-2-6-10-22(21)26/h2,5-6,9-14,17,19,23,25H,1,3-4,7-8,15-16H2,(H,24,26).